The van der Waals surface area contributed by atoms with Crippen LogP contribution in [-0.2, 0) is 4.74 Å². The van der Waals surface area contributed by atoms with E-state index in [1.165, 1.54) is 4.90 Å². The van der Waals surface area contributed by atoms with Gasteiger partial charge in [-0.1, -0.05) is 60.7 Å². The molecule has 7 nitrogen and oxygen atoms in total. The Morgan fingerprint density at radius 2 is 1.32 bits per heavy atom. The standard InChI is InChI=1S/C30H31N3O4/c34-28-25-13-4-5-14-26(25)29(35)33(28)19-9-8-18-32-20-16-23(17-21-32)37-30(36)31-27-15-7-6-12-24(27)22-10-2-1-3-11-22/h1-7,10-15,23H,8-9,16-21H2,(H,31,36). The molecule has 0 saturated carbocycles. The number of imide groups is 1. The first-order valence-corrected chi connectivity index (χ1v) is 12.9. The Bertz CT molecular complexity index is 1230. The van der Waals surface area contributed by atoms with Crippen molar-refractivity contribution in [1.29, 1.82) is 0 Å². The van der Waals surface area contributed by atoms with Crippen LogP contribution in [0.3, 0.4) is 0 Å². The summed E-state index contributed by atoms with van der Waals surface area (Å²) in [5.41, 5.74) is 3.73. The van der Waals surface area contributed by atoms with Gasteiger partial charge in [-0.3, -0.25) is 19.8 Å². The molecule has 5 rings (SSSR count). The average Bonchev–Trinajstić information content (AvgIpc) is 3.17. The van der Waals surface area contributed by atoms with Gasteiger partial charge in [-0.25, -0.2) is 4.79 Å². The van der Waals surface area contributed by atoms with Crippen LogP contribution < -0.4 is 5.32 Å². The summed E-state index contributed by atoms with van der Waals surface area (Å²) in [6.07, 6.45) is 2.69. The summed E-state index contributed by atoms with van der Waals surface area (Å²) < 4.78 is 5.72. The molecule has 1 fully saturated rings. The predicted octanol–water partition coefficient (Wildman–Crippen LogP) is 5.44. The third kappa shape index (κ3) is 5.73. The fraction of sp³-hybridized carbons (Fsp3) is 0.300. The van der Waals surface area contributed by atoms with Crippen LogP contribution in [0.15, 0.2) is 78.9 Å². The molecule has 1 saturated heterocycles. The largest absolute Gasteiger partial charge is 0.446 e. The second kappa shape index (κ2) is 11.4. The highest BCUT2D eigenvalue weighted by Gasteiger charge is 2.34. The van der Waals surface area contributed by atoms with E-state index >= 15 is 0 Å². The number of ether oxygens (including phenoxy) is 1. The normalized spacial score (nSPS) is 16.1. The smallest absolute Gasteiger partial charge is 0.411 e. The Labute approximate surface area is 217 Å². The highest BCUT2D eigenvalue weighted by molar-refractivity contribution is 6.21. The van der Waals surface area contributed by atoms with Crippen molar-refractivity contribution in [2.45, 2.75) is 31.8 Å². The Hall–Kier alpha value is -3.97. The number of benzene rings is 3. The van der Waals surface area contributed by atoms with E-state index in [1.54, 1.807) is 24.3 Å². The summed E-state index contributed by atoms with van der Waals surface area (Å²) >= 11 is 0. The fourth-order valence-corrected chi connectivity index (χ4v) is 5.05. The first-order valence-electron chi connectivity index (χ1n) is 12.9. The van der Waals surface area contributed by atoms with Gasteiger partial charge < -0.3 is 9.64 Å². The van der Waals surface area contributed by atoms with Crippen molar-refractivity contribution < 1.29 is 19.1 Å². The lowest BCUT2D eigenvalue weighted by Crippen LogP contribution is -2.39. The molecule has 0 spiro atoms. The van der Waals surface area contributed by atoms with Crippen molar-refractivity contribution in [3.8, 4) is 11.1 Å². The number of carbonyl (C=O) groups is 3. The van der Waals surface area contributed by atoms with E-state index in [9.17, 15) is 14.4 Å². The van der Waals surface area contributed by atoms with Gasteiger partial charge in [0.25, 0.3) is 11.8 Å². The Kier molecular flexibility index (Phi) is 7.61. The molecule has 3 aromatic rings. The monoisotopic (exact) mass is 497 g/mol. The molecule has 0 aliphatic carbocycles. The molecule has 2 heterocycles. The number of unbranched alkanes of at least 4 members (excludes halogenated alkanes) is 1. The van der Waals surface area contributed by atoms with E-state index in [2.05, 4.69) is 10.2 Å². The number of hydrogen-bond acceptors (Lipinski definition) is 5. The third-order valence-electron chi connectivity index (χ3n) is 7.04. The molecule has 3 aromatic carbocycles. The number of anilines is 1. The Balaban J connectivity index is 1.03. The minimum Gasteiger partial charge on any atom is -0.446 e. The van der Waals surface area contributed by atoms with Crippen LogP contribution in [0, 0.1) is 0 Å². The number of amides is 3. The van der Waals surface area contributed by atoms with E-state index in [1.807, 2.05) is 54.6 Å². The fourth-order valence-electron chi connectivity index (χ4n) is 5.05. The molecule has 1 N–H and O–H groups in total. The quantitative estimate of drug-likeness (QED) is 0.331. The molecule has 3 amide bonds. The number of nitrogens with zero attached hydrogens (tertiary/aromatic N) is 2. The highest BCUT2D eigenvalue weighted by Crippen LogP contribution is 2.28. The lowest BCUT2D eigenvalue weighted by molar-refractivity contribution is 0.0567. The zero-order valence-corrected chi connectivity index (χ0v) is 20.8. The molecular formula is C30H31N3O4. The molecule has 2 aliphatic heterocycles. The topological polar surface area (TPSA) is 79.0 Å². The summed E-state index contributed by atoms with van der Waals surface area (Å²) in [4.78, 5) is 41.3. The lowest BCUT2D eigenvalue weighted by Gasteiger charge is -2.31. The third-order valence-corrected chi connectivity index (χ3v) is 7.04. The predicted molar refractivity (Wildman–Crippen MR) is 142 cm³/mol. The molecule has 0 unspecified atom stereocenters. The molecule has 2 aliphatic rings. The van der Waals surface area contributed by atoms with Gasteiger partial charge in [0.15, 0.2) is 0 Å². The number of hydrogen-bond donors (Lipinski definition) is 1. The van der Waals surface area contributed by atoms with Crippen LogP contribution in [0.25, 0.3) is 11.1 Å². The van der Waals surface area contributed by atoms with Gasteiger partial charge in [-0.05, 0) is 56.0 Å². The van der Waals surface area contributed by atoms with Gasteiger partial charge in [0.1, 0.15) is 6.10 Å². The number of nitrogens with one attached hydrogen (secondary N) is 1. The van der Waals surface area contributed by atoms with Crippen LogP contribution >= 0.6 is 0 Å². The summed E-state index contributed by atoms with van der Waals surface area (Å²) in [5, 5.41) is 2.92. The number of likely N-dealkylation sites (tertiary alicyclic amines) is 1. The number of piperidine rings is 1. The Morgan fingerprint density at radius 3 is 2.00 bits per heavy atom. The van der Waals surface area contributed by atoms with Gasteiger partial charge in [-0.15, -0.1) is 0 Å². The van der Waals surface area contributed by atoms with Crippen molar-refractivity contribution in [2.75, 3.05) is 31.5 Å². The zero-order valence-electron chi connectivity index (χ0n) is 20.8. The summed E-state index contributed by atoms with van der Waals surface area (Å²) in [7, 11) is 0. The average molecular weight is 498 g/mol. The molecule has 0 bridgehead atoms. The number of carbonyl (C=O) groups excluding carboxylic acids is 3. The van der Waals surface area contributed by atoms with Crippen molar-refractivity contribution >= 4 is 23.6 Å². The van der Waals surface area contributed by atoms with E-state index in [-0.39, 0.29) is 17.9 Å². The maximum Gasteiger partial charge on any atom is 0.411 e. The number of fused-ring (bicyclic) bond motifs is 1. The first-order chi connectivity index (χ1) is 18.1. The van der Waals surface area contributed by atoms with Crippen molar-refractivity contribution in [2.24, 2.45) is 0 Å². The molecule has 7 heteroatoms. The van der Waals surface area contributed by atoms with Gasteiger partial charge in [0.2, 0.25) is 0 Å². The molecular weight excluding hydrogens is 466 g/mol. The second-order valence-electron chi connectivity index (χ2n) is 9.50. The van der Waals surface area contributed by atoms with E-state index in [0.717, 1.165) is 62.1 Å². The number of rotatable bonds is 8. The maximum atomic E-state index is 12.6. The molecule has 37 heavy (non-hydrogen) atoms. The van der Waals surface area contributed by atoms with Crippen molar-refractivity contribution in [3.63, 3.8) is 0 Å². The lowest BCUT2D eigenvalue weighted by atomic mass is 10.0. The zero-order chi connectivity index (χ0) is 25.6. The SMILES string of the molecule is O=C(Nc1ccccc1-c1ccccc1)OC1CCN(CCCCN2C(=O)c3ccccc3C2=O)CC1. The van der Waals surface area contributed by atoms with E-state index in [0.29, 0.717) is 17.7 Å². The van der Waals surface area contributed by atoms with Crippen molar-refractivity contribution in [1.82, 2.24) is 9.80 Å². The molecule has 0 radical (unpaired) electrons. The van der Waals surface area contributed by atoms with Gasteiger partial charge in [-0.2, -0.15) is 0 Å². The van der Waals surface area contributed by atoms with E-state index < -0.39 is 6.09 Å². The summed E-state index contributed by atoms with van der Waals surface area (Å²) in [6, 6.07) is 24.7. The van der Waals surface area contributed by atoms with Crippen LogP contribution in [0.2, 0.25) is 0 Å². The van der Waals surface area contributed by atoms with Crippen molar-refractivity contribution in [3.05, 3.63) is 90.0 Å². The minimum absolute atomic E-state index is 0.113. The first kappa shape index (κ1) is 24.7. The van der Waals surface area contributed by atoms with Crippen LogP contribution in [0.1, 0.15) is 46.4 Å². The number of para-hydroxylation sites is 1. The second-order valence-corrected chi connectivity index (χ2v) is 9.50. The maximum absolute atomic E-state index is 12.6. The van der Waals surface area contributed by atoms with Gasteiger partial charge in [0, 0.05) is 25.2 Å². The van der Waals surface area contributed by atoms with Crippen LogP contribution in [0.5, 0.6) is 0 Å². The Morgan fingerprint density at radius 1 is 0.757 bits per heavy atom. The van der Waals surface area contributed by atoms with Gasteiger partial charge in [0.05, 0.1) is 16.8 Å². The van der Waals surface area contributed by atoms with E-state index in [4.69, 9.17) is 4.74 Å². The molecule has 190 valence electrons. The van der Waals surface area contributed by atoms with Crippen LogP contribution in [-0.4, -0.2) is 60.0 Å². The molecule has 0 aromatic heterocycles. The molecule has 0 atom stereocenters. The summed E-state index contributed by atoms with van der Waals surface area (Å²) in [5.74, 6) is -0.383. The highest BCUT2D eigenvalue weighted by atomic mass is 16.6. The van der Waals surface area contributed by atoms with Crippen LogP contribution in [0.4, 0.5) is 10.5 Å². The summed E-state index contributed by atoms with van der Waals surface area (Å²) in [6.45, 7) is 3.04. The van der Waals surface area contributed by atoms with Gasteiger partial charge >= 0.3 is 6.09 Å². The minimum atomic E-state index is -0.428.